The molecule has 0 aromatic heterocycles. The summed E-state index contributed by atoms with van der Waals surface area (Å²) in [6, 6.07) is 0. The van der Waals surface area contributed by atoms with Crippen LogP contribution in [0.25, 0.3) is 0 Å². The molecule has 0 aliphatic heterocycles. The van der Waals surface area contributed by atoms with Crippen molar-refractivity contribution >= 4 is 49.4 Å². The van der Waals surface area contributed by atoms with Gasteiger partial charge in [-0.05, 0) is 0 Å². The lowest BCUT2D eigenvalue weighted by molar-refractivity contribution is -0.110. The molecule has 0 fully saturated rings. The summed E-state index contributed by atoms with van der Waals surface area (Å²) < 4.78 is 4.45. The van der Waals surface area contributed by atoms with E-state index >= 15 is 0 Å². The van der Waals surface area contributed by atoms with Crippen LogP contribution in [0.15, 0.2) is 0 Å². The second-order valence-corrected chi connectivity index (χ2v) is 2.43. The van der Waals surface area contributed by atoms with Crippen LogP contribution in [-0.2, 0) is 7.86 Å². The Morgan fingerprint density at radius 2 is 2.33 bits per heavy atom. The van der Waals surface area contributed by atoms with Gasteiger partial charge in [-0.1, -0.05) is 0 Å². The van der Waals surface area contributed by atoms with Gasteiger partial charge in [0, 0.05) is 22.6 Å². The molecule has 0 N–H and O–H groups in total. The van der Waals surface area contributed by atoms with Crippen molar-refractivity contribution in [2.24, 2.45) is 0 Å². The van der Waals surface area contributed by atoms with Gasteiger partial charge < -0.3 is 3.07 Å². The minimum absolute atomic E-state index is 0.0296. The van der Waals surface area contributed by atoms with E-state index in [1.54, 1.807) is 45.6 Å². The van der Waals surface area contributed by atoms with E-state index in [0.29, 0.717) is 0 Å². The third-order valence-corrected chi connectivity index (χ3v) is 0.791. The Bertz CT molecular complexity index is 53.5. The maximum absolute atomic E-state index is 9.90. The fourth-order valence-electron chi connectivity index (χ4n) is 0.0429. The Morgan fingerprint density at radius 1 is 1.83 bits per heavy atom. The highest BCUT2D eigenvalue weighted by molar-refractivity contribution is 14.1. The van der Waals surface area contributed by atoms with Crippen molar-refractivity contribution in [2.75, 3.05) is 6.61 Å². The van der Waals surface area contributed by atoms with E-state index in [2.05, 4.69) is 3.07 Å². The first kappa shape index (κ1) is 7.09. The van der Waals surface area contributed by atoms with Gasteiger partial charge in [-0.15, -0.1) is 0 Å². The Kier molecular flexibility index (Phi) is 5.03. The van der Waals surface area contributed by atoms with Crippen LogP contribution < -0.4 is 0 Å². The Balaban J connectivity index is 2.83. The zero-order valence-electron chi connectivity index (χ0n) is 2.78. The topological polar surface area (TPSA) is 26.3 Å². The molecule has 0 heterocycles. The molecule has 0 rings (SSSR count). The number of hydrogen-bond acceptors (Lipinski definition) is 2. The van der Waals surface area contributed by atoms with Crippen molar-refractivity contribution in [3.05, 3.63) is 0 Å². The van der Waals surface area contributed by atoms with Crippen LogP contribution >= 0.6 is 45.6 Å². The molecule has 0 aromatic rings. The van der Waals surface area contributed by atoms with Crippen LogP contribution in [-0.4, -0.2) is 10.4 Å². The Labute approximate surface area is 63.5 Å². The minimum atomic E-state index is 0.0296. The third kappa shape index (κ3) is 5.09. The number of carbonyl (C=O) groups excluding carboxylic acids is 1. The smallest absolute Gasteiger partial charge is 0.218 e. The first-order chi connectivity index (χ1) is 2.77. The summed E-state index contributed by atoms with van der Waals surface area (Å²) in [5, 5.41) is 0. The van der Waals surface area contributed by atoms with Crippen LogP contribution in [0.1, 0.15) is 0 Å². The summed E-state index contributed by atoms with van der Waals surface area (Å²) in [5.74, 6) is 0. The molecule has 0 radical (unpaired) electrons. The lowest BCUT2D eigenvalue weighted by atomic mass is 10.9. The van der Waals surface area contributed by atoms with E-state index in [-0.39, 0.29) is 10.4 Å². The molecule has 36 valence electrons. The van der Waals surface area contributed by atoms with E-state index in [1.165, 1.54) is 0 Å². The van der Waals surface area contributed by atoms with Crippen molar-refractivity contribution in [3.8, 4) is 0 Å². The van der Waals surface area contributed by atoms with Gasteiger partial charge in [-0.25, -0.2) is 0 Å². The maximum Gasteiger partial charge on any atom is 0.218 e. The molecule has 0 saturated carbocycles. The first-order valence-corrected chi connectivity index (χ1v) is 3.15. The van der Waals surface area contributed by atoms with Gasteiger partial charge in [0.15, 0.2) is 0 Å². The molecule has 0 spiro atoms. The van der Waals surface area contributed by atoms with E-state index in [4.69, 9.17) is 0 Å². The SMILES string of the molecule is O=C(I)COI. The fraction of sp³-hybridized carbons (Fsp3) is 0.500. The molecule has 0 aromatic carbocycles. The zero-order valence-corrected chi connectivity index (χ0v) is 7.09. The molecule has 0 unspecified atom stereocenters. The molecule has 0 aliphatic rings. The van der Waals surface area contributed by atoms with Gasteiger partial charge in [-0.2, -0.15) is 0 Å². The van der Waals surface area contributed by atoms with Gasteiger partial charge in [0.05, 0.1) is 0 Å². The van der Waals surface area contributed by atoms with Crippen LogP contribution in [0.3, 0.4) is 0 Å². The monoisotopic (exact) mass is 312 g/mol. The number of carbonyl (C=O) groups is 1. The average molecular weight is 312 g/mol. The maximum atomic E-state index is 9.90. The molecule has 6 heavy (non-hydrogen) atoms. The van der Waals surface area contributed by atoms with Crippen molar-refractivity contribution in [3.63, 3.8) is 0 Å². The van der Waals surface area contributed by atoms with Gasteiger partial charge in [0.2, 0.25) is 3.79 Å². The van der Waals surface area contributed by atoms with Crippen molar-refractivity contribution < 1.29 is 7.86 Å². The molecular formula is C2H2I2O2. The van der Waals surface area contributed by atoms with Crippen LogP contribution in [0.2, 0.25) is 0 Å². The fourth-order valence-corrected chi connectivity index (χ4v) is 1.08. The number of rotatable bonds is 2. The molecule has 0 bridgehead atoms. The predicted molar refractivity (Wildman–Crippen MR) is 39.0 cm³/mol. The van der Waals surface area contributed by atoms with Gasteiger partial charge in [-0.3, -0.25) is 4.79 Å². The van der Waals surface area contributed by atoms with Gasteiger partial charge in [0.25, 0.3) is 0 Å². The minimum Gasteiger partial charge on any atom is -0.307 e. The van der Waals surface area contributed by atoms with Crippen LogP contribution in [0.5, 0.6) is 0 Å². The van der Waals surface area contributed by atoms with Gasteiger partial charge in [0.1, 0.15) is 29.6 Å². The normalized spacial score (nSPS) is 8.33. The van der Waals surface area contributed by atoms with Crippen molar-refractivity contribution in [2.45, 2.75) is 0 Å². The van der Waals surface area contributed by atoms with Crippen molar-refractivity contribution in [1.29, 1.82) is 0 Å². The highest BCUT2D eigenvalue weighted by Crippen LogP contribution is 1.90. The molecule has 0 amide bonds. The largest absolute Gasteiger partial charge is 0.307 e. The molecular weight excluding hydrogens is 310 g/mol. The standard InChI is InChI=1S/C2H2I2O2/c3-2(5)1-6-4/h1H2. The third-order valence-electron chi connectivity index (χ3n) is 0.168. The van der Waals surface area contributed by atoms with Gasteiger partial charge >= 0.3 is 0 Å². The first-order valence-electron chi connectivity index (χ1n) is 1.19. The van der Waals surface area contributed by atoms with Crippen LogP contribution in [0.4, 0.5) is 0 Å². The summed E-state index contributed by atoms with van der Waals surface area (Å²) in [5.41, 5.74) is 0. The zero-order chi connectivity index (χ0) is 4.99. The highest BCUT2D eigenvalue weighted by Gasteiger charge is 1.88. The van der Waals surface area contributed by atoms with E-state index in [1.807, 2.05) is 0 Å². The summed E-state index contributed by atoms with van der Waals surface area (Å²) >= 11 is 3.35. The Morgan fingerprint density at radius 3 is 2.33 bits per heavy atom. The summed E-state index contributed by atoms with van der Waals surface area (Å²) in [7, 11) is 0. The molecule has 2 nitrogen and oxygen atoms in total. The van der Waals surface area contributed by atoms with Crippen LogP contribution in [0, 0.1) is 0 Å². The quantitative estimate of drug-likeness (QED) is 0.568. The lowest BCUT2D eigenvalue weighted by Gasteiger charge is -1.80. The lowest BCUT2D eigenvalue weighted by Crippen LogP contribution is -1.90. The second kappa shape index (κ2) is 4.25. The summed E-state index contributed by atoms with van der Waals surface area (Å²) in [6.45, 7) is 0.209. The highest BCUT2D eigenvalue weighted by atomic mass is 127. The number of halogens is 2. The molecule has 0 atom stereocenters. The average Bonchev–Trinajstić information content (AvgIpc) is 1.35. The molecule has 0 aliphatic carbocycles. The predicted octanol–water partition coefficient (Wildman–Crippen LogP) is 1.31. The Hall–Kier alpha value is 1.09. The van der Waals surface area contributed by atoms with E-state index < -0.39 is 0 Å². The van der Waals surface area contributed by atoms with E-state index in [9.17, 15) is 4.79 Å². The van der Waals surface area contributed by atoms with Crippen molar-refractivity contribution in [1.82, 2.24) is 0 Å². The molecule has 0 saturated heterocycles. The number of hydrogen-bond donors (Lipinski definition) is 0. The summed E-state index contributed by atoms with van der Waals surface area (Å²) in [4.78, 5) is 9.90. The van der Waals surface area contributed by atoms with E-state index in [0.717, 1.165) is 0 Å². The summed E-state index contributed by atoms with van der Waals surface area (Å²) in [6.07, 6.45) is 0. The molecule has 4 heteroatoms. The second-order valence-electron chi connectivity index (χ2n) is 0.609.